The van der Waals surface area contributed by atoms with E-state index < -0.39 is 29.0 Å². The van der Waals surface area contributed by atoms with Gasteiger partial charge < -0.3 is 20.4 Å². The molecule has 4 rings (SSSR count). The maximum absolute atomic E-state index is 12.9. The Morgan fingerprint density at radius 3 is 2.54 bits per heavy atom. The quantitative estimate of drug-likeness (QED) is 0.531. The first-order valence-corrected chi connectivity index (χ1v) is 8.48. The van der Waals surface area contributed by atoms with Gasteiger partial charge in [-0.3, -0.25) is 9.59 Å². The number of phenols is 2. The lowest BCUT2D eigenvalue weighted by Gasteiger charge is -2.37. The van der Waals surface area contributed by atoms with Crippen molar-refractivity contribution in [2.75, 3.05) is 0 Å². The van der Waals surface area contributed by atoms with Crippen LogP contribution < -0.4 is 0 Å². The molecule has 2 aromatic carbocycles. The van der Waals surface area contributed by atoms with Gasteiger partial charge in [0.2, 0.25) is 5.78 Å². The van der Waals surface area contributed by atoms with Crippen LogP contribution in [0.25, 0.3) is 0 Å². The van der Waals surface area contributed by atoms with Crippen LogP contribution in [0.15, 0.2) is 24.3 Å². The summed E-state index contributed by atoms with van der Waals surface area (Å²) in [6, 6.07) is 5.70. The summed E-state index contributed by atoms with van der Waals surface area (Å²) in [5, 5.41) is 41.7. The second-order valence-electron chi connectivity index (χ2n) is 7.05. The molecule has 0 spiro atoms. The highest BCUT2D eigenvalue weighted by Gasteiger charge is 2.42. The third-order valence-electron chi connectivity index (χ3n) is 5.50. The summed E-state index contributed by atoms with van der Waals surface area (Å²) in [4.78, 5) is 25.7. The van der Waals surface area contributed by atoms with Crippen LogP contribution in [0.4, 0.5) is 0 Å². The summed E-state index contributed by atoms with van der Waals surface area (Å²) in [7, 11) is 0. The van der Waals surface area contributed by atoms with Crippen molar-refractivity contribution in [3.05, 3.63) is 57.6 Å². The van der Waals surface area contributed by atoms with E-state index in [9.17, 15) is 30.0 Å². The summed E-state index contributed by atoms with van der Waals surface area (Å²) in [5.74, 6) is -1.92. The van der Waals surface area contributed by atoms with E-state index in [2.05, 4.69) is 0 Å². The lowest BCUT2D eigenvalue weighted by Crippen LogP contribution is -2.37. The number of aliphatic hydroxyl groups excluding tert-OH is 1. The van der Waals surface area contributed by atoms with E-state index in [0.29, 0.717) is 12.0 Å². The van der Waals surface area contributed by atoms with Crippen LogP contribution >= 0.6 is 0 Å². The predicted octanol–water partition coefficient (Wildman–Crippen LogP) is 1.99. The van der Waals surface area contributed by atoms with E-state index in [1.165, 1.54) is 24.3 Å². The maximum Gasteiger partial charge on any atom is 0.201 e. The van der Waals surface area contributed by atoms with Crippen molar-refractivity contribution in [1.29, 1.82) is 0 Å². The maximum atomic E-state index is 12.9. The molecule has 2 aliphatic rings. The SMILES string of the molecule is CC[C@]1(O)Cc2cc3c(c(O)c2[C@@H](O)C1)C(=O)c1c(O)cccc1C3=O. The van der Waals surface area contributed by atoms with Crippen molar-refractivity contribution in [3.63, 3.8) is 0 Å². The molecule has 0 saturated heterocycles. The fourth-order valence-corrected chi connectivity index (χ4v) is 4.06. The molecule has 6 nitrogen and oxygen atoms in total. The Bertz CT molecular complexity index is 977. The highest BCUT2D eigenvalue weighted by atomic mass is 16.3. The molecule has 0 aromatic heterocycles. The molecule has 6 heteroatoms. The number of ketones is 2. The number of fused-ring (bicyclic) bond motifs is 3. The van der Waals surface area contributed by atoms with Crippen LogP contribution in [0.1, 0.15) is 68.8 Å². The third kappa shape index (κ3) is 2.12. The monoisotopic (exact) mass is 354 g/mol. The lowest BCUT2D eigenvalue weighted by atomic mass is 9.73. The van der Waals surface area contributed by atoms with Crippen molar-refractivity contribution in [3.8, 4) is 11.5 Å². The molecule has 0 aliphatic heterocycles. The Balaban J connectivity index is 1.98. The van der Waals surface area contributed by atoms with E-state index in [0.717, 1.165) is 0 Å². The van der Waals surface area contributed by atoms with Crippen molar-refractivity contribution < 1.29 is 30.0 Å². The number of hydrogen-bond donors (Lipinski definition) is 4. The van der Waals surface area contributed by atoms with Crippen molar-refractivity contribution >= 4 is 11.6 Å². The molecule has 0 heterocycles. The van der Waals surface area contributed by atoms with Crippen LogP contribution in [0.5, 0.6) is 11.5 Å². The number of aliphatic hydroxyl groups is 2. The molecule has 26 heavy (non-hydrogen) atoms. The van der Waals surface area contributed by atoms with Crippen molar-refractivity contribution in [1.82, 2.24) is 0 Å². The predicted molar refractivity (Wildman–Crippen MR) is 91.6 cm³/mol. The molecule has 134 valence electrons. The Morgan fingerprint density at radius 2 is 1.85 bits per heavy atom. The number of hydrogen-bond acceptors (Lipinski definition) is 6. The summed E-state index contributed by atoms with van der Waals surface area (Å²) >= 11 is 0. The zero-order chi connectivity index (χ0) is 18.8. The van der Waals surface area contributed by atoms with Crippen LogP contribution in [-0.2, 0) is 6.42 Å². The van der Waals surface area contributed by atoms with Gasteiger partial charge in [0.05, 0.1) is 22.8 Å². The molecule has 0 fully saturated rings. The van der Waals surface area contributed by atoms with Crippen LogP contribution in [0.2, 0.25) is 0 Å². The first kappa shape index (κ1) is 16.8. The average molecular weight is 354 g/mol. The van der Waals surface area contributed by atoms with E-state index in [1.54, 1.807) is 6.92 Å². The number of carbonyl (C=O) groups is 2. The zero-order valence-electron chi connectivity index (χ0n) is 14.1. The molecular weight excluding hydrogens is 336 g/mol. The molecule has 0 bridgehead atoms. The Labute approximate surface area is 149 Å². The molecular formula is C20H18O6. The highest BCUT2D eigenvalue weighted by molar-refractivity contribution is 6.30. The number of carbonyl (C=O) groups excluding carboxylic acids is 2. The fraction of sp³-hybridized carbons (Fsp3) is 0.300. The lowest BCUT2D eigenvalue weighted by molar-refractivity contribution is -0.0254. The van der Waals surface area contributed by atoms with Crippen LogP contribution in [-0.4, -0.2) is 37.6 Å². The largest absolute Gasteiger partial charge is 0.507 e. The van der Waals surface area contributed by atoms with E-state index in [-0.39, 0.29) is 46.4 Å². The number of benzene rings is 2. The summed E-state index contributed by atoms with van der Waals surface area (Å²) < 4.78 is 0. The molecule has 0 unspecified atom stereocenters. The summed E-state index contributed by atoms with van der Waals surface area (Å²) in [6.45, 7) is 1.80. The Hall–Kier alpha value is -2.70. The van der Waals surface area contributed by atoms with E-state index in [1.807, 2.05) is 0 Å². The van der Waals surface area contributed by atoms with Gasteiger partial charge in [-0.2, -0.15) is 0 Å². The first-order chi connectivity index (χ1) is 12.3. The molecule has 2 aromatic rings. The smallest absolute Gasteiger partial charge is 0.201 e. The molecule has 4 N–H and O–H groups in total. The van der Waals surface area contributed by atoms with Gasteiger partial charge in [-0.15, -0.1) is 0 Å². The van der Waals surface area contributed by atoms with E-state index in [4.69, 9.17) is 0 Å². The number of phenolic OH excluding ortho intramolecular Hbond substituents is 2. The second-order valence-corrected chi connectivity index (χ2v) is 7.05. The molecule has 0 amide bonds. The van der Waals surface area contributed by atoms with Gasteiger partial charge in [0, 0.05) is 29.5 Å². The van der Waals surface area contributed by atoms with Gasteiger partial charge in [0.15, 0.2) is 5.78 Å². The Morgan fingerprint density at radius 1 is 1.12 bits per heavy atom. The van der Waals surface area contributed by atoms with E-state index >= 15 is 0 Å². The topological polar surface area (TPSA) is 115 Å². The van der Waals surface area contributed by atoms with Crippen LogP contribution in [0.3, 0.4) is 0 Å². The van der Waals surface area contributed by atoms with Gasteiger partial charge in [-0.1, -0.05) is 19.1 Å². The number of rotatable bonds is 1. The minimum absolute atomic E-state index is 0.0249. The van der Waals surface area contributed by atoms with Gasteiger partial charge in [-0.05, 0) is 24.1 Å². The van der Waals surface area contributed by atoms with Gasteiger partial charge >= 0.3 is 0 Å². The molecule has 0 radical (unpaired) electrons. The van der Waals surface area contributed by atoms with Crippen molar-refractivity contribution in [2.24, 2.45) is 0 Å². The van der Waals surface area contributed by atoms with Gasteiger partial charge in [0.25, 0.3) is 0 Å². The summed E-state index contributed by atoms with van der Waals surface area (Å²) in [5.41, 5.74) is -0.762. The highest BCUT2D eigenvalue weighted by Crippen LogP contribution is 2.46. The normalized spacial score (nSPS) is 24.0. The Kier molecular flexibility index (Phi) is 3.48. The minimum Gasteiger partial charge on any atom is -0.507 e. The first-order valence-electron chi connectivity index (χ1n) is 8.48. The number of aromatic hydroxyl groups is 2. The standard InChI is InChI=1S/C20H18O6/c1-2-20(26)7-9-6-11-16(18(24)14(9)13(22)8-20)19(25)15-10(17(11)23)4-3-5-12(15)21/h3-6,13,21-22,24,26H,2,7-8H2,1H3/t13-,20-/m0/s1. The summed E-state index contributed by atoms with van der Waals surface area (Å²) in [6.07, 6.45) is -0.536. The van der Waals surface area contributed by atoms with Crippen LogP contribution in [0, 0.1) is 0 Å². The third-order valence-corrected chi connectivity index (χ3v) is 5.50. The zero-order valence-corrected chi connectivity index (χ0v) is 14.1. The van der Waals surface area contributed by atoms with Gasteiger partial charge in [-0.25, -0.2) is 0 Å². The fourth-order valence-electron chi connectivity index (χ4n) is 4.06. The molecule has 0 saturated carbocycles. The molecule has 2 atom stereocenters. The van der Waals surface area contributed by atoms with Gasteiger partial charge in [0.1, 0.15) is 11.5 Å². The average Bonchev–Trinajstić information content (AvgIpc) is 2.58. The second kappa shape index (κ2) is 5.40. The molecule has 2 aliphatic carbocycles. The van der Waals surface area contributed by atoms with Crippen molar-refractivity contribution in [2.45, 2.75) is 37.9 Å². The minimum atomic E-state index is -1.15.